The van der Waals surface area contributed by atoms with Crippen molar-refractivity contribution in [1.29, 1.82) is 0 Å². The van der Waals surface area contributed by atoms with Crippen LogP contribution in [0.4, 0.5) is 0 Å². The Hall–Kier alpha value is -0.530. The molecule has 1 amide bonds. The van der Waals surface area contributed by atoms with Crippen molar-refractivity contribution >= 4 is 5.91 Å². The average molecular weight is 239 g/mol. The average Bonchev–Trinajstić information content (AvgIpc) is 2.26. The Morgan fingerprint density at radius 1 is 1.35 bits per heavy atom. The summed E-state index contributed by atoms with van der Waals surface area (Å²) >= 11 is 0. The lowest BCUT2D eigenvalue weighted by Gasteiger charge is -2.47. The zero-order chi connectivity index (χ0) is 13.2. The number of hydrogen-bond acceptors (Lipinski definition) is 1. The molecule has 100 valence electrons. The Morgan fingerprint density at radius 3 is 2.35 bits per heavy atom. The van der Waals surface area contributed by atoms with E-state index in [1.807, 2.05) is 14.1 Å². The number of nitrogens with zero attached hydrogens (tertiary/aromatic N) is 1. The molecule has 0 saturated heterocycles. The standard InChI is InChI=1S/C15H29NO/c1-7-15(14(17)16(5)6)10-12(4)8-9-13(15)11(2)3/h11-13H,7-10H2,1-6H3. The molecule has 1 fully saturated rings. The molecular formula is C15H29NO. The maximum Gasteiger partial charge on any atom is 0.228 e. The zero-order valence-electron chi connectivity index (χ0n) is 12.4. The Kier molecular flexibility index (Phi) is 4.62. The molecule has 0 N–H and O–H groups in total. The molecule has 0 spiro atoms. The van der Waals surface area contributed by atoms with Crippen LogP contribution in [-0.4, -0.2) is 24.9 Å². The van der Waals surface area contributed by atoms with Gasteiger partial charge < -0.3 is 4.90 Å². The normalized spacial score (nSPS) is 33.8. The van der Waals surface area contributed by atoms with Crippen LogP contribution in [0.2, 0.25) is 0 Å². The van der Waals surface area contributed by atoms with Crippen molar-refractivity contribution < 1.29 is 4.79 Å². The largest absolute Gasteiger partial charge is 0.348 e. The summed E-state index contributed by atoms with van der Waals surface area (Å²) in [7, 11) is 3.80. The third-order valence-corrected chi connectivity index (χ3v) is 4.66. The molecule has 0 aromatic carbocycles. The Morgan fingerprint density at radius 2 is 1.94 bits per heavy atom. The van der Waals surface area contributed by atoms with Gasteiger partial charge in [0.25, 0.3) is 0 Å². The van der Waals surface area contributed by atoms with Crippen LogP contribution in [0.15, 0.2) is 0 Å². The van der Waals surface area contributed by atoms with Gasteiger partial charge in [-0.2, -0.15) is 0 Å². The number of rotatable bonds is 3. The van der Waals surface area contributed by atoms with Crippen LogP contribution in [-0.2, 0) is 4.79 Å². The maximum absolute atomic E-state index is 12.6. The van der Waals surface area contributed by atoms with E-state index in [0.29, 0.717) is 23.7 Å². The lowest BCUT2D eigenvalue weighted by Crippen LogP contribution is -2.49. The summed E-state index contributed by atoms with van der Waals surface area (Å²) in [5.41, 5.74) is -0.102. The summed E-state index contributed by atoms with van der Waals surface area (Å²) in [6.07, 6.45) is 4.55. The number of amides is 1. The Balaban J connectivity index is 3.08. The summed E-state index contributed by atoms with van der Waals surface area (Å²) < 4.78 is 0. The van der Waals surface area contributed by atoms with E-state index < -0.39 is 0 Å². The number of carbonyl (C=O) groups excluding carboxylic acids is 1. The van der Waals surface area contributed by atoms with Gasteiger partial charge in [0.15, 0.2) is 0 Å². The van der Waals surface area contributed by atoms with Gasteiger partial charge in [-0.15, -0.1) is 0 Å². The second-order valence-electron chi connectivity index (χ2n) is 6.45. The first-order valence-corrected chi connectivity index (χ1v) is 7.07. The summed E-state index contributed by atoms with van der Waals surface area (Å²) in [5.74, 6) is 2.20. The molecule has 3 atom stereocenters. The first kappa shape index (κ1) is 14.5. The van der Waals surface area contributed by atoms with E-state index in [-0.39, 0.29) is 5.41 Å². The molecular weight excluding hydrogens is 210 g/mol. The van der Waals surface area contributed by atoms with Gasteiger partial charge in [-0.05, 0) is 37.0 Å². The molecule has 0 radical (unpaired) electrons. The highest BCUT2D eigenvalue weighted by Crippen LogP contribution is 2.50. The maximum atomic E-state index is 12.6. The molecule has 2 nitrogen and oxygen atoms in total. The second kappa shape index (κ2) is 5.41. The van der Waals surface area contributed by atoms with Gasteiger partial charge in [0.05, 0.1) is 5.41 Å². The predicted molar refractivity (Wildman–Crippen MR) is 72.8 cm³/mol. The fraction of sp³-hybridized carbons (Fsp3) is 0.933. The van der Waals surface area contributed by atoms with Crippen LogP contribution < -0.4 is 0 Å². The smallest absolute Gasteiger partial charge is 0.228 e. The van der Waals surface area contributed by atoms with Crippen molar-refractivity contribution in [2.45, 2.75) is 53.4 Å². The molecule has 2 heteroatoms. The van der Waals surface area contributed by atoms with Crippen LogP contribution in [0.1, 0.15) is 53.4 Å². The van der Waals surface area contributed by atoms with Gasteiger partial charge in [-0.25, -0.2) is 0 Å². The van der Waals surface area contributed by atoms with E-state index in [1.54, 1.807) is 4.90 Å². The first-order chi connectivity index (χ1) is 7.85. The van der Waals surface area contributed by atoms with Gasteiger partial charge in [0.1, 0.15) is 0 Å². The molecule has 0 heterocycles. The third-order valence-electron chi connectivity index (χ3n) is 4.66. The third kappa shape index (κ3) is 2.66. The van der Waals surface area contributed by atoms with E-state index in [4.69, 9.17) is 0 Å². The monoisotopic (exact) mass is 239 g/mol. The van der Waals surface area contributed by atoms with Gasteiger partial charge >= 0.3 is 0 Å². The summed E-state index contributed by atoms with van der Waals surface area (Å²) in [5, 5.41) is 0. The summed E-state index contributed by atoms with van der Waals surface area (Å²) in [4.78, 5) is 14.4. The Labute approximate surface area is 107 Å². The molecule has 1 rings (SSSR count). The van der Waals surface area contributed by atoms with Gasteiger partial charge in [-0.3, -0.25) is 4.79 Å². The molecule has 1 saturated carbocycles. The first-order valence-electron chi connectivity index (χ1n) is 7.07. The Bertz CT molecular complexity index is 272. The second-order valence-corrected chi connectivity index (χ2v) is 6.45. The highest BCUT2D eigenvalue weighted by atomic mass is 16.2. The van der Waals surface area contributed by atoms with Gasteiger partial charge in [0.2, 0.25) is 5.91 Å². The van der Waals surface area contributed by atoms with E-state index in [9.17, 15) is 4.79 Å². The van der Waals surface area contributed by atoms with Crippen LogP contribution >= 0.6 is 0 Å². The van der Waals surface area contributed by atoms with Crippen molar-refractivity contribution in [2.75, 3.05) is 14.1 Å². The van der Waals surface area contributed by atoms with Gasteiger partial charge in [0, 0.05) is 14.1 Å². The minimum Gasteiger partial charge on any atom is -0.348 e. The van der Waals surface area contributed by atoms with Crippen molar-refractivity contribution in [3.63, 3.8) is 0 Å². The fourth-order valence-electron chi connectivity index (χ4n) is 3.84. The predicted octanol–water partition coefficient (Wildman–Crippen LogP) is 3.56. The van der Waals surface area contributed by atoms with Crippen molar-refractivity contribution in [3.05, 3.63) is 0 Å². The molecule has 3 unspecified atom stereocenters. The van der Waals surface area contributed by atoms with Gasteiger partial charge in [-0.1, -0.05) is 34.1 Å². The lowest BCUT2D eigenvalue weighted by atomic mass is 9.58. The molecule has 0 aliphatic heterocycles. The lowest BCUT2D eigenvalue weighted by molar-refractivity contribution is -0.149. The van der Waals surface area contributed by atoms with E-state index in [2.05, 4.69) is 27.7 Å². The molecule has 0 bridgehead atoms. The van der Waals surface area contributed by atoms with Crippen LogP contribution in [0.3, 0.4) is 0 Å². The molecule has 0 aromatic rings. The molecule has 17 heavy (non-hydrogen) atoms. The van der Waals surface area contributed by atoms with Crippen LogP contribution in [0.25, 0.3) is 0 Å². The quantitative estimate of drug-likeness (QED) is 0.737. The SMILES string of the molecule is CCC1(C(=O)N(C)C)CC(C)CCC1C(C)C. The van der Waals surface area contributed by atoms with E-state index in [1.165, 1.54) is 12.8 Å². The zero-order valence-corrected chi connectivity index (χ0v) is 12.4. The highest BCUT2D eigenvalue weighted by Gasteiger charge is 2.48. The van der Waals surface area contributed by atoms with Crippen molar-refractivity contribution in [3.8, 4) is 0 Å². The molecule has 1 aliphatic rings. The molecule has 1 aliphatic carbocycles. The molecule has 0 aromatic heterocycles. The fourth-order valence-corrected chi connectivity index (χ4v) is 3.84. The topological polar surface area (TPSA) is 20.3 Å². The van der Waals surface area contributed by atoms with Crippen molar-refractivity contribution in [2.24, 2.45) is 23.2 Å². The minimum absolute atomic E-state index is 0.102. The number of hydrogen-bond donors (Lipinski definition) is 0. The van der Waals surface area contributed by atoms with Crippen molar-refractivity contribution in [1.82, 2.24) is 4.90 Å². The minimum atomic E-state index is -0.102. The van der Waals surface area contributed by atoms with Crippen LogP contribution in [0.5, 0.6) is 0 Å². The summed E-state index contributed by atoms with van der Waals surface area (Å²) in [6.45, 7) is 9.03. The van der Waals surface area contributed by atoms with E-state index >= 15 is 0 Å². The highest BCUT2D eigenvalue weighted by molar-refractivity contribution is 5.82. The van der Waals surface area contributed by atoms with E-state index in [0.717, 1.165) is 12.8 Å². The van der Waals surface area contributed by atoms with Crippen LogP contribution in [0, 0.1) is 23.2 Å². The summed E-state index contributed by atoms with van der Waals surface area (Å²) in [6, 6.07) is 0. The number of carbonyl (C=O) groups is 1.